The fraction of sp³-hybridized carbons (Fsp3) is 0.588. The summed E-state index contributed by atoms with van der Waals surface area (Å²) in [7, 11) is 0. The Morgan fingerprint density at radius 2 is 1.80 bits per heavy atom. The van der Waals surface area contributed by atoms with Gasteiger partial charge in [0.05, 0.1) is 0 Å². The molecule has 0 bridgehead atoms. The first-order valence-corrected chi connectivity index (χ1v) is 7.64. The van der Waals surface area contributed by atoms with Crippen LogP contribution < -0.4 is 11.1 Å². The van der Waals surface area contributed by atoms with Gasteiger partial charge in [0, 0.05) is 18.5 Å². The summed E-state index contributed by atoms with van der Waals surface area (Å²) < 4.78 is 0. The lowest BCUT2D eigenvalue weighted by molar-refractivity contribution is -0.122. The van der Waals surface area contributed by atoms with Crippen molar-refractivity contribution in [3.63, 3.8) is 0 Å². The van der Waals surface area contributed by atoms with E-state index >= 15 is 0 Å². The Balaban J connectivity index is 1.83. The Kier molecular flexibility index (Phi) is 5.18. The zero-order valence-electron chi connectivity index (χ0n) is 12.5. The average molecular weight is 274 g/mol. The summed E-state index contributed by atoms with van der Waals surface area (Å²) in [6.07, 6.45) is 3.83. The fourth-order valence-electron chi connectivity index (χ4n) is 3.37. The van der Waals surface area contributed by atoms with Gasteiger partial charge in [-0.25, -0.2) is 0 Å². The van der Waals surface area contributed by atoms with Crippen molar-refractivity contribution in [1.29, 1.82) is 0 Å². The van der Waals surface area contributed by atoms with Gasteiger partial charge in [0.15, 0.2) is 0 Å². The maximum atomic E-state index is 12.1. The summed E-state index contributed by atoms with van der Waals surface area (Å²) >= 11 is 0. The smallest absolute Gasteiger partial charge is 0.222 e. The Hall–Kier alpha value is -1.35. The van der Waals surface area contributed by atoms with Crippen molar-refractivity contribution in [1.82, 2.24) is 5.32 Å². The second-order valence-corrected chi connectivity index (χ2v) is 6.40. The normalized spacial score (nSPS) is 27.9. The number of nitrogens with one attached hydrogen (secondary N) is 1. The molecule has 1 fully saturated rings. The maximum Gasteiger partial charge on any atom is 0.222 e. The molecule has 110 valence electrons. The third-order valence-electron chi connectivity index (χ3n) is 4.18. The zero-order chi connectivity index (χ0) is 14.5. The predicted octanol–water partition coefficient (Wildman–Crippen LogP) is 3.02. The number of hydrogen-bond acceptors (Lipinski definition) is 2. The molecule has 1 aliphatic rings. The van der Waals surface area contributed by atoms with E-state index in [1.54, 1.807) is 0 Å². The van der Waals surface area contributed by atoms with Gasteiger partial charge in [-0.3, -0.25) is 4.79 Å². The molecule has 0 spiro atoms. The van der Waals surface area contributed by atoms with Gasteiger partial charge >= 0.3 is 0 Å². The van der Waals surface area contributed by atoms with Crippen LogP contribution in [0.3, 0.4) is 0 Å². The van der Waals surface area contributed by atoms with Crippen molar-refractivity contribution in [2.75, 3.05) is 0 Å². The van der Waals surface area contributed by atoms with Gasteiger partial charge in [-0.05, 0) is 36.7 Å². The second-order valence-electron chi connectivity index (χ2n) is 6.40. The summed E-state index contributed by atoms with van der Waals surface area (Å²) in [5.74, 6) is 1.48. The first kappa shape index (κ1) is 15.0. The van der Waals surface area contributed by atoms with E-state index in [1.807, 2.05) is 30.3 Å². The minimum atomic E-state index is -0.213. The van der Waals surface area contributed by atoms with Crippen molar-refractivity contribution >= 4 is 5.91 Å². The number of hydrogen-bond donors (Lipinski definition) is 2. The molecule has 3 atom stereocenters. The summed E-state index contributed by atoms with van der Waals surface area (Å²) in [5, 5.41) is 3.16. The largest absolute Gasteiger partial charge is 0.353 e. The van der Waals surface area contributed by atoms with Crippen LogP contribution in [0.1, 0.15) is 51.1 Å². The molecule has 20 heavy (non-hydrogen) atoms. The predicted molar refractivity (Wildman–Crippen MR) is 82.1 cm³/mol. The third kappa shape index (κ3) is 4.34. The van der Waals surface area contributed by atoms with E-state index in [2.05, 4.69) is 19.2 Å². The van der Waals surface area contributed by atoms with Gasteiger partial charge in [-0.15, -0.1) is 0 Å². The molecule has 0 saturated heterocycles. The van der Waals surface area contributed by atoms with Crippen molar-refractivity contribution in [2.24, 2.45) is 17.6 Å². The molecule has 3 N–H and O–H groups in total. The molecule has 1 aromatic carbocycles. The zero-order valence-corrected chi connectivity index (χ0v) is 12.5. The van der Waals surface area contributed by atoms with Crippen LogP contribution in [0.4, 0.5) is 0 Å². The van der Waals surface area contributed by atoms with Gasteiger partial charge in [0.25, 0.3) is 0 Å². The number of nitrogens with two attached hydrogens (primary N) is 1. The molecule has 1 saturated carbocycles. The summed E-state index contributed by atoms with van der Waals surface area (Å²) in [4.78, 5) is 12.1. The highest BCUT2D eigenvalue weighted by atomic mass is 16.1. The van der Waals surface area contributed by atoms with Crippen molar-refractivity contribution in [3.05, 3.63) is 35.9 Å². The molecule has 1 aromatic rings. The van der Waals surface area contributed by atoms with Crippen LogP contribution in [0.25, 0.3) is 0 Å². The highest BCUT2D eigenvalue weighted by molar-refractivity contribution is 5.77. The van der Waals surface area contributed by atoms with Crippen LogP contribution in [0.2, 0.25) is 0 Å². The van der Waals surface area contributed by atoms with E-state index in [1.165, 1.54) is 6.42 Å². The quantitative estimate of drug-likeness (QED) is 0.886. The Bertz CT molecular complexity index is 422. The molecular formula is C17H26N2O. The Labute approximate surface area is 121 Å². The van der Waals surface area contributed by atoms with Crippen molar-refractivity contribution in [2.45, 2.75) is 51.6 Å². The Morgan fingerprint density at radius 3 is 2.40 bits per heavy atom. The number of carbonyl (C=O) groups is 1. The Morgan fingerprint density at radius 1 is 1.20 bits per heavy atom. The molecule has 3 heteroatoms. The molecule has 3 nitrogen and oxygen atoms in total. The maximum absolute atomic E-state index is 12.1. The van der Waals surface area contributed by atoms with Gasteiger partial charge in [-0.2, -0.15) is 0 Å². The van der Waals surface area contributed by atoms with Crippen LogP contribution in [0, 0.1) is 11.8 Å². The standard InChI is InChI=1S/C17H26N2O/c1-12-8-13(2)10-15(9-12)19-17(20)11-16(18)14-6-4-3-5-7-14/h3-7,12-13,15-16H,8-11,18H2,1-2H3,(H,19,20). The molecule has 0 aliphatic heterocycles. The van der Waals surface area contributed by atoms with Crippen LogP contribution in [0.5, 0.6) is 0 Å². The van der Waals surface area contributed by atoms with Gasteiger partial charge in [0.2, 0.25) is 5.91 Å². The average Bonchev–Trinajstić information content (AvgIpc) is 2.38. The van der Waals surface area contributed by atoms with E-state index in [4.69, 9.17) is 5.73 Å². The van der Waals surface area contributed by atoms with E-state index < -0.39 is 0 Å². The molecule has 1 aliphatic carbocycles. The van der Waals surface area contributed by atoms with E-state index in [0.29, 0.717) is 24.3 Å². The molecular weight excluding hydrogens is 248 g/mol. The topological polar surface area (TPSA) is 55.1 Å². The monoisotopic (exact) mass is 274 g/mol. The third-order valence-corrected chi connectivity index (χ3v) is 4.18. The van der Waals surface area contributed by atoms with Gasteiger partial charge in [-0.1, -0.05) is 44.2 Å². The minimum absolute atomic E-state index is 0.0765. The highest BCUT2D eigenvalue weighted by Crippen LogP contribution is 2.28. The van der Waals surface area contributed by atoms with Crippen LogP contribution in [0.15, 0.2) is 30.3 Å². The molecule has 2 rings (SSSR count). The van der Waals surface area contributed by atoms with Crippen molar-refractivity contribution in [3.8, 4) is 0 Å². The molecule has 3 unspecified atom stereocenters. The van der Waals surface area contributed by atoms with E-state index in [9.17, 15) is 4.79 Å². The number of amides is 1. The first-order valence-electron chi connectivity index (χ1n) is 7.64. The SMILES string of the molecule is CC1CC(C)CC(NC(=O)CC(N)c2ccccc2)C1. The summed E-state index contributed by atoms with van der Waals surface area (Å²) in [6, 6.07) is 9.93. The van der Waals surface area contributed by atoms with Crippen LogP contribution in [-0.2, 0) is 4.79 Å². The molecule has 0 radical (unpaired) electrons. The molecule has 0 heterocycles. The molecule has 1 amide bonds. The van der Waals surface area contributed by atoms with Crippen molar-refractivity contribution < 1.29 is 4.79 Å². The van der Waals surface area contributed by atoms with Crippen LogP contribution in [-0.4, -0.2) is 11.9 Å². The molecule has 0 aromatic heterocycles. The minimum Gasteiger partial charge on any atom is -0.353 e. The fourth-order valence-corrected chi connectivity index (χ4v) is 3.37. The van der Waals surface area contributed by atoms with Gasteiger partial charge < -0.3 is 11.1 Å². The lowest BCUT2D eigenvalue weighted by Gasteiger charge is -2.32. The van der Waals surface area contributed by atoms with E-state index in [0.717, 1.165) is 18.4 Å². The number of rotatable bonds is 4. The first-order chi connectivity index (χ1) is 9.54. The second kappa shape index (κ2) is 6.89. The number of benzene rings is 1. The van der Waals surface area contributed by atoms with Crippen LogP contribution >= 0.6 is 0 Å². The lowest BCUT2D eigenvalue weighted by Crippen LogP contribution is -2.40. The summed E-state index contributed by atoms with van der Waals surface area (Å²) in [5.41, 5.74) is 7.12. The number of carbonyl (C=O) groups excluding carboxylic acids is 1. The highest BCUT2D eigenvalue weighted by Gasteiger charge is 2.25. The summed E-state index contributed by atoms with van der Waals surface area (Å²) in [6.45, 7) is 4.54. The van der Waals surface area contributed by atoms with E-state index in [-0.39, 0.29) is 11.9 Å². The van der Waals surface area contributed by atoms with Gasteiger partial charge in [0.1, 0.15) is 0 Å². The lowest BCUT2D eigenvalue weighted by atomic mass is 9.80.